The Bertz CT molecular complexity index is 818. The number of rotatable bonds is 6. The first-order valence-electron chi connectivity index (χ1n) is 8.63. The van der Waals surface area contributed by atoms with Crippen molar-refractivity contribution in [3.63, 3.8) is 0 Å². The molecule has 0 atom stereocenters. The normalized spacial score (nSPS) is 15.7. The van der Waals surface area contributed by atoms with Gasteiger partial charge in [0.15, 0.2) is 11.7 Å². The third-order valence-electron chi connectivity index (χ3n) is 4.45. The van der Waals surface area contributed by atoms with Crippen LogP contribution >= 0.6 is 35.3 Å². The lowest BCUT2D eigenvalue weighted by Gasteiger charge is -2.19. The highest BCUT2D eigenvalue weighted by atomic mass is 127. The van der Waals surface area contributed by atoms with E-state index in [0.29, 0.717) is 24.6 Å². The van der Waals surface area contributed by atoms with Gasteiger partial charge < -0.3 is 10.6 Å². The Morgan fingerprint density at radius 1 is 1.25 bits per heavy atom. The van der Waals surface area contributed by atoms with Crippen LogP contribution in [-0.4, -0.2) is 24.0 Å². The zero-order chi connectivity index (χ0) is 19.5. The summed E-state index contributed by atoms with van der Waals surface area (Å²) in [5, 5.41) is 7.51. The maximum absolute atomic E-state index is 14.1. The first-order valence-corrected chi connectivity index (χ1v) is 9.51. The van der Waals surface area contributed by atoms with Crippen molar-refractivity contribution in [2.45, 2.75) is 37.9 Å². The van der Waals surface area contributed by atoms with Gasteiger partial charge in [0.25, 0.3) is 0 Å². The second kappa shape index (κ2) is 9.38. The number of hydrogen-bond donors (Lipinski definition) is 2. The van der Waals surface area contributed by atoms with E-state index in [1.807, 2.05) is 13.0 Å². The second-order valence-corrected chi connectivity index (χ2v) is 7.38. The van der Waals surface area contributed by atoms with Gasteiger partial charge in [-0.05, 0) is 31.4 Å². The van der Waals surface area contributed by atoms with Crippen LogP contribution in [-0.2, 0) is 18.1 Å². The largest absolute Gasteiger partial charge is 0.434 e. The number of nitrogens with zero attached hydrogens (tertiary/aromatic N) is 2. The van der Waals surface area contributed by atoms with Crippen LogP contribution in [0.5, 0.6) is 0 Å². The van der Waals surface area contributed by atoms with Gasteiger partial charge in [0.1, 0.15) is 10.8 Å². The minimum atomic E-state index is -4.45. The molecule has 0 spiro atoms. The summed E-state index contributed by atoms with van der Waals surface area (Å²) in [5.41, 5.74) is -0.471. The lowest BCUT2D eigenvalue weighted by atomic mass is 9.95. The maximum Gasteiger partial charge on any atom is 0.434 e. The predicted octanol–water partition coefficient (Wildman–Crippen LogP) is 4.71. The quantitative estimate of drug-likeness (QED) is 0.247. The standard InChI is InChI=1S/C18H20F4N4S.HI/c1-2-23-16(24-9-15-26-14(10-27-15)18(20,21)22)25-11-17(7-8-17)12-5-3-4-6-13(12)19;/h3-6,10H,2,7-9,11H2,1H3,(H2,23,24,25);1H. The van der Waals surface area contributed by atoms with Gasteiger partial charge in [-0.2, -0.15) is 13.2 Å². The van der Waals surface area contributed by atoms with Crippen LogP contribution in [0, 0.1) is 5.82 Å². The van der Waals surface area contributed by atoms with Gasteiger partial charge in [-0.3, -0.25) is 0 Å². The van der Waals surface area contributed by atoms with Gasteiger partial charge in [-0.25, -0.2) is 14.4 Å². The summed E-state index contributed by atoms with van der Waals surface area (Å²) in [4.78, 5) is 7.88. The molecule has 10 heteroatoms. The third-order valence-corrected chi connectivity index (χ3v) is 5.29. The second-order valence-electron chi connectivity index (χ2n) is 6.43. The average molecular weight is 528 g/mol. The lowest BCUT2D eigenvalue weighted by molar-refractivity contribution is -0.140. The van der Waals surface area contributed by atoms with Crippen LogP contribution in [0.4, 0.5) is 17.6 Å². The van der Waals surface area contributed by atoms with E-state index in [0.717, 1.165) is 29.6 Å². The number of thiazole rings is 1. The van der Waals surface area contributed by atoms with Gasteiger partial charge >= 0.3 is 6.18 Å². The van der Waals surface area contributed by atoms with Gasteiger partial charge in [0, 0.05) is 23.9 Å². The van der Waals surface area contributed by atoms with Crippen LogP contribution in [0.15, 0.2) is 34.6 Å². The van der Waals surface area contributed by atoms with Crippen molar-refractivity contribution < 1.29 is 17.6 Å². The van der Waals surface area contributed by atoms with Crippen LogP contribution in [0.3, 0.4) is 0 Å². The van der Waals surface area contributed by atoms with Crippen molar-refractivity contribution in [3.05, 3.63) is 51.7 Å². The van der Waals surface area contributed by atoms with E-state index < -0.39 is 11.9 Å². The molecule has 1 heterocycles. The monoisotopic (exact) mass is 528 g/mol. The summed E-state index contributed by atoms with van der Waals surface area (Å²) < 4.78 is 52.0. The Morgan fingerprint density at radius 3 is 2.54 bits per heavy atom. The van der Waals surface area contributed by atoms with Crippen LogP contribution < -0.4 is 10.6 Å². The van der Waals surface area contributed by atoms with Gasteiger partial charge in [-0.1, -0.05) is 18.2 Å². The Hall–Kier alpha value is -1.43. The van der Waals surface area contributed by atoms with E-state index in [2.05, 4.69) is 20.6 Å². The van der Waals surface area contributed by atoms with Gasteiger partial charge in [-0.15, -0.1) is 35.3 Å². The molecule has 1 aromatic heterocycles. The molecule has 1 saturated carbocycles. The fourth-order valence-electron chi connectivity index (χ4n) is 2.84. The molecule has 0 saturated heterocycles. The summed E-state index contributed by atoms with van der Waals surface area (Å²) in [6.45, 7) is 3.05. The maximum atomic E-state index is 14.1. The molecule has 1 aliphatic carbocycles. The molecule has 3 rings (SSSR count). The lowest BCUT2D eigenvalue weighted by Crippen LogP contribution is -2.41. The number of aliphatic imine (C=N–C) groups is 1. The number of halogens is 5. The fraction of sp³-hybridized carbons (Fsp3) is 0.444. The molecular weight excluding hydrogens is 507 g/mol. The van der Waals surface area contributed by atoms with Crippen molar-refractivity contribution >= 4 is 41.3 Å². The highest BCUT2D eigenvalue weighted by Crippen LogP contribution is 2.48. The number of nitrogens with one attached hydrogen (secondary N) is 2. The molecule has 0 radical (unpaired) electrons. The molecule has 0 bridgehead atoms. The molecule has 4 nitrogen and oxygen atoms in total. The molecule has 154 valence electrons. The Kier molecular flexibility index (Phi) is 7.66. The molecule has 0 aliphatic heterocycles. The van der Waals surface area contributed by atoms with Crippen molar-refractivity contribution in [1.82, 2.24) is 15.6 Å². The summed E-state index contributed by atoms with van der Waals surface area (Å²) in [7, 11) is 0. The van der Waals surface area contributed by atoms with Crippen molar-refractivity contribution in [2.24, 2.45) is 4.99 Å². The Morgan fingerprint density at radius 2 is 1.96 bits per heavy atom. The molecule has 1 aliphatic rings. The Labute approximate surface area is 181 Å². The first-order chi connectivity index (χ1) is 12.8. The SMILES string of the molecule is CCNC(=NCc1nc(C(F)(F)F)cs1)NCC1(c2ccccc2F)CC1.I. The molecule has 2 aromatic rings. The van der Waals surface area contributed by atoms with E-state index in [1.165, 1.54) is 6.07 Å². The van der Waals surface area contributed by atoms with Crippen molar-refractivity contribution in [3.8, 4) is 0 Å². The van der Waals surface area contributed by atoms with E-state index in [-0.39, 0.29) is 46.8 Å². The summed E-state index contributed by atoms with van der Waals surface area (Å²) in [6, 6.07) is 6.73. The van der Waals surface area contributed by atoms with Crippen LogP contribution in [0.25, 0.3) is 0 Å². The van der Waals surface area contributed by atoms with Crippen LogP contribution in [0.1, 0.15) is 36.0 Å². The molecule has 2 N–H and O–H groups in total. The van der Waals surface area contributed by atoms with E-state index in [1.54, 1.807) is 12.1 Å². The first kappa shape index (κ1) is 22.9. The molecule has 1 aromatic carbocycles. The molecule has 1 fully saturated rings. The van der Waals surface area contributed by atoms with Gasteiger partial charge in [0.05, 0.1) is 6.54 Å². The smallest absolute Gasteiger partial charge is 0.357 e. The number of aromatic nitrogens is 1. The summed E-state index contributed by atoms with van der Waals surface area (Å²) >= 11 is 0.928. The molecule has 0 amide bonds. The van der Waals surface area contributed by atoms with E-state index in [9.17, 15) is 17.6 Å². The summed E-state index contributed by atoms with van der Waals surface area (Å²) in [5.74, 6) is 0.255. The topological polar surface area (TPSA) is 49.3 Å². The van der Waals surface area contributed by atoms with Crippen LogP contribution in [0.2, 0.25) is 0 Å². The average Bonchev–Trinajstić information content (AvgIpc) is 3.24. The van der Waals surface area contributed by atoms with E-state index in [4.69, 9.17) is 0 Å². The minimum absolute atomic E-state index is 0. The zero-order valence-corrected chi connectivity index (χ0v) is 18.3. The van der Waals surface area contributed by atoms with Gasteiger partial charge in [0.2, 0.25) is 0 Å². The minimum Gasteiger partial charge on any atom is -0.357 e. The number of hydrogen-bond acceptors (Lipinski definition) is 3. The fourth-order valence-corrected chi connectivity index (χ4v) is 3.56. The predicted molar refractivity (Wildman–Crippen MR) is 113 cm³/mol. The molecule has 0 unspecified atom stereocenters. The highest BCUT2D eigenvalue weighted by molar-refractivity contribution is 14.0. The van der Waals surface area contributed by atoms with E-state index >= 15 is 0 Å². The van der Waals surface area contributed by atoms with Crippen molar-refractivity contribution in [2.75, 3.05) is 13.1 Å². The summed E-state index contributed by atoms with van der Waals surface area (Å²) in [6.07, 6.45) is -2.69. The highest BCUT2D eigenvalue weighted by Gasteiger charge is 2.45. The molecule has 28 heavy (non-hydrogen) atoms. The number of alkyl halides is 3. The van der Waals surface area contributed by atoms with Crippen molar-refractivity contribution in [1.29, 1.82) is 0 Å². The Balaban J connectivity index is 0.00000280. The zero-order valence-electron chi connectivity index (χ0n) is 15.1. The third kappa shape index (κ3) is 5.56. The molecular formula is C18H21F4IN4S. The number of guanidine groups is 1. The number of benzene rings is 1.